The molecule has 0 fully saturated rings. The van der Waals surface area contributed by atoms with Crippen molar-refractivity contribution in [3.05, 3.63) is 53.5 Å². The van der Waals surface area contributed by atoms with Crippen LogP contribution in [0.25, 0.3) is 11.5 Å². The number of carbonyl (C=O) groups is 1. The van der Waals surface area contributed by atoms with Crippen LogP contribution in [0.3, 0.4) is 0 Å². The van der Waals surface area contributed by atoms with Crippen LogP contribution in [-0.4, -0.2) is 48.7 Å². The highest BCUT2D eigenvalue weighted by Gasteiger charge is 2.33. The van der Waals surface area contributed by atoms with E-state index in [4.69, 9.17) is 14.6 Å². The zero-order valence-electron chi connectivity index (χ0n) is 18.8. The molecule has 1 amide bonds. The quantitative estimate of drug-likeness (QED) is 0.463. The van der Waals surface area contributed by atoms with Gasteiger partial charge in [0.2, 0.25) is 5.91 Å². The monoisotopic (exact) mass is 447 g/mol. The van der Waals surface area contributed by atoms with Gasteiger partial charge in [0.05, 0.1) is 18.9 Å². The van der Waals surface area contributed by atoms with Gasteiger partial charge in [-0.05, 0) is 50.1 Å². The van der Waals surface area contributed by atoms with Gasteiger partial charge in [0.1, 0.15) is 12.1 Å². The summed E-state index contributed by atoms with van der Waals surface area (Å²) in [5.74, 6) is 2.33. The van der Waals surface area contributed by atoms with Crippen molar-refractivity contribution in [2.75, 3.05) is 18.5 Å². The standard InChI is InChI=1S/C23H25N7O3/c1-4-10-33-17-7-6-15(11-18(17)32-5-2)16-12-21(31)25-23-22(16)14(3)27-30(23)20-9-8-19-26-24-13-29(19)28-20/h6-9,11,13,16H,4-5,10,12H2,1-3H3,(H,25,31)/t16-/m1/s1. The van der Waals surface area contributed by atoms with Crippen LogP contribution in [-0.2, 0) is 4.79 Å². The Morgan fingerprint density at radius 1 is 1.12 bits per heavy atom. The van der Waals surface area contributed by atoms with Crippen LogP contribution in [0.15, 0.2) is 36.7 Å². The molecule has 4 aromatic rings. The van der Waals surface area contributed by atoms with E-state index >= 15 is 0 Å². The molecule has 33 heavy (non-hydrogen) atoms. The Bertz CT molecular complexity index is 1330. The van der Waals surface area contributed by atoms with Gasteiger partial charge in [-0.1, -0.05) is 13.0 Å². The van der Waals surface area contributed by atoms with Crippen molar-refractivity contribution in [1.29, 1.82) is 0 Å². The first kappa shape index (κ1) is 20.9. The van der Waals surface area contributed by atoms with Gasteiger partial charge < -0.3 is 14.8 Å². The van der Waals surface area contributed by atoms with Crippen LogP contribution in [0.4, 0.5) is 5.82 Å². The SMILES string of the molecule is CCCOc1ccc([C@H]2CC(=O)Nc3c2c(C)nn3-c2ccc3nncn3n2)cc1OCC. The van der Waals surface area contributed by atoms with Gasteiger partial charge in [-0.25, -0.2) is 0 Å². The Kier molecular flexibility index (Phi) is 5.41. The van der Waals surface area contributed by atoms with Gasteiger partial charge in [-0.3, -0.25) is 4.79 Å². The molecule has 0 saturated carbocycles. The number of aromatic nitrogens is 6. The van der Waals surface area contributed by atoms with Crippen LogP contribution in [0, 0.1) is 6.92 Å². The molecule has 4 heterocycles. The minimum atomic E-state index is -0.166. The number of ether oxygens (including phenoxy) is 2. The summed E-state index contributed by atoms with van der Waals surface area (Å²) in [7, 11) is 0. The Morgan fingerprint density at radius 2 is 2.00 bits per heavy atom. The van der Waals surface area contributed by atoms with Crippen LogP contribution in [0.5, 0.6) is 11.5 Å². The van der Waals surface area contributed by atoms with E-state index < -0.39 is 0 Å². The van der Waals surface area contributed by atoms with Gasteiger partial charge >= 0.3 is 0 Å². The molecular weight excluding hydrogens is 422 g/mol. The van der Waals surface area contributed by atoms with Crippen molar-refractivity contribution < 1.29 is 14.3 Å². The molecule has 0 spiro atoms. The van der Waals surface area contributed by atoms with E-state index in [0.29, 0.717) is 48.4 Å². The summed E-state index contributed by atoms with van der Waals surface area (Å²) in [6.07, 6.45) is 2.76. The van der Waals surface area contributed by atoms with Crippen molar-refractivity contribution in [2.24, 2.45) is 0 Å². The van der Waals surface area contributed by atoms with E-state index in [1.807, 2.05) is 38.1 Å². The summed E-state index contributed by atoms with van der Waals surface area (Å²) in [6, 6.07) is 9.51. The lowest BCUT2D eigenvalue weighted by molar-refractivity contribution is -0.116. The van der Waals surface area contributed by atoms with E-state index in [0.717, 1.165) is 23.2 Å². The normalized spacial score (nSPS) is 15.4. The minimum absolute atomic E-state index is 0.0803. The van der Waals surface area contributed by atoms with Crippen LogP contribution < -0.4 is 14.8 Å². The van der Waals surface area contributed by atoms with Crippen LogP contribution in [0.1, 0.15) is 49.4 Å². The Labute approximate surface area is 190 Å². The number of hydrogen-bond acceptors (Lipinski definition) is 7. The smallest absolute Gasteiger partial charge is 0.226 e. The summed E-state index contributed by atoms with van der Waals surface area (Å²) in [4.78, 5) is 12.7. The number of carbonyl (C=O) groups excluding carboxylic acids is 1. The molecule has 1 atom stereocenters. The fourth-order valence-corrected chi connectivity index (χ4v) is 4.17. The third-order valence-corrected chi connectivity index (χ3v) is 5.60. The number of fused-ring (bicyclic) bond motifs is 2. The summed E-state index contributed by atoms with van der Waals surface area (Å²) in [5.41, 5.74) is 3.39. The molecule has 0 unspecified atom stereocenters. The molecule has 0 saturated heterocycles. The van der Waals surface area contributed by atoms with Crippen molar-refractivity contribution in [1.82, 2.24) is 29.6 Å². The Morgan fingerprint density at radius 3 is 2.82 bits per heavy atom. The molecule has 0 aliphatic carbocycles. The second-order valence-corrected chi connectivity index (χ2v) is 7.88. The van der Waals surface area contributed by atoms with Crippen LogP contribution in [0.2, 0.25) is 0 Å². The average molecular weight is 447 g/mol. The predicted molar refractivity (Wildman–Crippen MR) is 121 cm³/mol. The summed E-state index contributed by atoms with van der Waals surface area (Å²) in [6.45, 7) is 7.09. The molecule has 1 aromatic carbocycles. The molecule has 10 nitrogen and oxygen atoms in total. The van der Waals surface area contributed by atoms with Gasteiger partial charge in [-0.2, -0.15) is 14.3 Å². The van der Waals surface area contributed by atoms with E-state index in [2.05, 4.69) is 27.5 Å². The highest BCUT2D eigenvalue weighted by Crippen LogP contribution is 2.42. The van der Waals surface area contributed by atoms with E-state index in [1.165, 1.54) is 6.33 Å². The summed E-state index contributed by atoms with van der Waals surface area (Å²) in [5, 5.41) is 20.1. The van der Waals surface area contributed by atoms with Crippen molar-refractivity contribution >= 4 is 17.4 Å². The van der Waals surface area contributed by atoms with E-state index in [1.54, 1.807) is 15.3 Å². The highest BCUT2D eigenvalue weighted by molar-refractivity contribution is 5.95. The maximum atomic E-state index is 12.7. The first-order valence-electron chi connectivity index (χ1n) is 11.0. The predicted octanol–water partition coefficient (Wildman–Crippen LogP) is 3.28. The second-order valence-electron chi connectivity index (χ2n) is 7.88. The maximum Gasteiger partial charge on any atom is 0.226 e. The number of anilines is 1. The molecule has 5 rings (SSSR count). The number of benzene rings is 1. The van der Waals surface area contributed by atoms with Gasteiger partial charge in [0.25, 0.3) is 0 Å². The van der Waals surface area contributed by atoms with Crippen LogP contribution >= 0.6 is 0 Å². The highest BCUT2D eigenvalue weighted by atomic mass is 16.5. The van der Waals surface area contributed by atoms with Gasteiger partial charge in [0.15, 0.2) is 23.0 Å². The van der Waals surface area contributed by atoms with E-state index in [9.17, 15) is 4.79 Å². The summed E-state index contributed by atoms with van der Waals surface area (Å²) < 4.78 is 14.9. The average Bonchev–Trinajstić information content (AvgIpc) is 3.41. The molecule has 3 aromatic heterocycles. The number of nitrogens with one attached hydrogen (secondary N) is 1. The fourth-order valence-electron chi connectivity index (χ4n) is 4.17. The largest absolute Gasteiger partial charge is 0.490 e. The van der Waals surface area contributed by atoms with Crippen molar-refractivity contribution in [3.8, 4) is 17.3 Å². The number of amides is 1. The Hall–Kier alpha value is -3.95. The van der Waals surface area contributed by atoms with Crippen molar-refractivity contribution in [2.45, 2.75) is 39.5 Å². The van der Waals surface area contributed by atoms with Gasteiger partial charge in [0, 0.05) is 17.9 Å². The van der Waals surface area contributed by atoms with Crippen molar-refractivity contribution in [3.63, 3.8) is 0 Å². The maximum absolute atomic E-state index is 12.7. The number of aryl methyl sites for hydroxylation is 1. The molecule has 1 N–H and O–H groups in total. The second kappa shape index (κ2) is 8.53. The molecule has 1 aliphatic heterocycles. The fraction of sp³-hybridized carbons (Fsp3) is 0.348. The molecule has 170 valence electrons. The zero-order chi connectivity index (χ0) is 22.9. The lowest BCUT2D eigenvalue weighted by Gasteiger charge is -2.25. The first-order chi connectivity index (χ1) is 16.1. The molecule has 1 aliphatic rings. The zero-order valence-corrected chi connectivity index (χ0v) is 18.8. The number of nitrogens with zero attached hydrogens (tertiary/aromatic N) is 6. The van der Waals surface area contributed by atoms with E-state index in [-0.39, 0.29) is 11.8 Å². The molecule has 10 heteroatoms. The third kappa shape index (κ3) is 3.77. The number of rotatable bonds is 7. The summed E-state index contributed by atoms with van der Waals surface area (Å²) >= 11 is 0. The number of hydrogen-bond donors (Lipinski definition) is 1. The first-order valence-corrected chi connectivity index (χ1v) is 11.0. The molecular formula is C23H25N7O3. The van der Waals surface area contributed by atoms with Gasteiger partial charge in [-0.15, -0.1) is 15.3 Å². The third-order valence-electron chi connectivity index (χ3n) is 5.60. The molecule has 0 bridgehead atoms. The Balaban J connectivity index is 1.58. The lowest BCUT2D eigenvalue weighted by atomic mass is 9.85. The topological polar surface area (TPSA) is 108 Å². The molecule has 0 radical (unpaired) electrons. The lowest BCUT2D eigenvalue weighted by Crippen LogP contribution is -2.25. The minimum Gasteiger partial charge on any atom is -0.490 e.